The minimum absolute atomic E-state index is 0.00181. The Hall–Kier alpha value is -1.09. The van der Waals surface area contributed by atoms with Crippen LogP contribution < -0.4 is 0 Å². The fourth-order valence-electron chi connectivity index (χ4n) is 1.59. The van der Waals surface area contributed by atoms with Crippen LogP contribution in [0.3, 0.4) is 0 Å². The largest absolute Gasteiger partial charge is 0.342 e. The van der Waals surface area contributed by atoms with E-state index >= 15 is 0 Å². The Morgan fingerprint density at radius 1 is 1.47 bits per heavy atom. The monoisotopic (exact) mass is 254 g/mol. The van der Waals surface area contributed by atoms with E-state index in [1.165, 1.54) is 0 Å². The van der Waals surface area contributed by atoms with Gasteiger partial charge >= 0.3 is 0 Å². The summed E-state index contributed by atoms with van der Waals surface area (Å²) in [4.78, 5) is 18.0. The van der Waals surface area contributed by atoms with E-state index in [-0.39, 0.29) is 11.8 Å². The second-order valence-electron chi connectivity index (χ2n) is 4.48. The van der Waals surface area contributed by atoms with Gasteiger partial charge in [0.1, 0.15) is 5.15 Å². The minimum atomic E-state index is -0.00181. The molecule has 0 atom stereocenters. The Morgan fingerprint density at radius 3 is 2.65 bits per heavy atom. The third-order valence-electron chi connectivity index (χ3n) is 2.56. The number of pyridine rings is 1. The molecule has 17 heavy (non-hydrogen) atoms. The number of hydrogen-bond donors (Lipinski definition) is 0. The lowest BCUT2D eigenvalue weighted by Gasteiger charge is -2.17. The third kappa shape index (κ3) is 3.70. The van der Waals surface area contributed by atoms with Crippen molar-refractivity contribution in [1.82, 2.24) is 9.88 Å². The van der Waals surface area contributed by atoms with Gasteiger partial charge in [-0.3, -0.25) is 4.79 Å². The highest BCUT2D eigenvalue weighted by Crippen LogP contribution is 2.18. The smallest absolute Gasteiger partial charge is 0.253 e. The predicted octanol–water partition coefficient (Wildman–Crippen LogP) is 3.34. The fraction of sp³-hybridized carbons (Fsp3) is 0.538. The molecule has 3 nitrogen and oxygen atoms in total. The van der Waals surface area contributed by atoms with Crippen LogP contribution in [-0.2, 0) is 0 Å². The molecule has 0 saturated carbocycles. The van der Waals surface area contributed by atoms with Gasteiger partial charge in [0.05, 0.1) is 0 Å². The highest BCUT2D eigenvalue weighted by atomic mass is 35.5. The lowest BCUT2D eigenvalue weighted by Crippen LogP contribution is -2.27. The van der Waals surface area contributed by atoms with Crippen molar-refractivity contribution in [2.24, 2.45) is 0 Å². The molecule has 0 aliphatic rings. The van der Waals surface area contributed by atoms with Crippen LogP contribution >= 0.6 is 11.6 Å². The molecule has 0 aliphatic heterocycles. The number of nitrogens with zero attached hydrogens (tertiary/aromatic N) is 2. The lowest BCUT2D eigenvalue weighted by molar-refractivity contribution is 0.0795. The molecule has 0 spiro atoms. The van der Waals surface area contributed by atoms with Gasteiger partial charge in [0.15, 0.2) is 0 Å². The van der Waals surface area contributed by atoms with Crippen LogP contribution in [0.2, 0.25) is 5.15 Å². The van der Waals surface area contributed by atoms with Crippen molar-refractivity contribution in [3.05, 3.63) is 28.5 Å². The maximum atomic E-state index is 12.1. The highest BCUT2D eigenvalue weighted by molar-refractivity contribution is 6.29. The summed E-state index contributed by atoms with van der Waals surface area (Å²) in [6.45, 7) is 6.85. The summed E-state index contributed by atoms with van der Waals surface area (Å²) in [6, 6.07) is 3.45. The molecule has 1 amide bonds. The van der Waals surface area contributed by atoms with E-state index in [0.717, 1.165) is 18.7 Å². The number of amides is 1. The van der Waals surface area contributed by atoms with E-state index < -0.39 is 0 Å². The molecular weight excluding hydrogens is 236 g/mol. The van der Waals surface area contributed by atoms with Crippen molar-refractivity contribution >= 4 is 17.5 Å². The summed E-state index contributed by atoms with van der Waals surface area (Å²) in [5, 5.41) is 0.379. The fourth-order valence-corrected chi connectivity index (χ4v) is 1.81. The van der Waals surface area contributed by atoms with Gasteiger partial charge < -0.3 is 4.90 Å². The van der Waals surface area contributed by atoms with Crippen molar-refractivity contribution in [1.29, 1.82) is 0 Å². The van der Waals surface area contributed by atoms with Crippen molar-refractivity contribution in [3.8, 4) is 0 Å². The molecule has 0 aliphatic carbocycles. The molecule has 4 heteroatoms. The molecule has 0 unspecified atom stereocenters. The molecule has 0 fully saturated rings. The summed E-state index contributed by atoms with van der Waals surface area (Å²) in [5.41, 5.74) is 1.47. The molecule has 0 saturated heterocycles. The molecule has 1 aromatic rings. The second-order valence-corrected chi connectivity index (χ2v) is 4.87. The average Bonchev–Trinajstić information content (AvgIpc) is 2.27. The Labute approximate surface area is 108 Å². The Bertz CT molecular complexity index is 404. The van der Waals surface area contributed by atoms with Gasteiger partial charge in [0.25, 0.3) is 5.91 Å². The zero-order valence-corrected chi connectivity index (χ0v) is 11.6. The van der Waals surface area contributed by atoms with Crippen LogP contribution in [0, 0.1) is 0 Å². The van der Waals surface area contributed by atoms with Crippen LogP contribution in [0.15, 0.2) is 12.1 Å². The lowest BCUT2D eigenvalue weighted by atomic mass is 10.1. The number of halogens is 1. The first kappa shape index (κ1) is 14.0. The normalized spacial score (nSPS) is 10.7. The van der Waals surface area contributed by atoms with E-state index in [0.29, 0.717) is 10.7 Å². The number of aromatic nitrogens is 1. The molecular formula is C13H19ClN2O. The molecule has 94 valence electrons. The van der Waals surface area contributed by atoms with Gasteiger partial charge in [-0.05, 0) is 24.5 Å². The first-order valence-corrected chi connectivity index (χ1v) is 6.26. The van der Waals surface area contributed by atoms with Gasteiger partial charge in [-0.15, -0.1) is 0 Å². The van der Waals surface area contributed by atoms with Crippen molar-refractivity contribution in [2.45, 2.75) is 33.1 Å². The van der Waals surface area contributed by atoms with E-state index in [1.54, 1.807) is 18.0 Å². The van der Waals surface area contributed by atoms with Crippen LogP contribution in [0.5, 0.6) is 0 Å². The molecule has 1 heterocycles. The van der Waals surface area contributed by atoms with E-state index in [2.05, 4.69) is 4.98 Å². The van der Waals surface area contributed by atoms with E-state index in [9.17, 15) is 4.79 Å². The molecule has 0 radical (unpaired) electrons. The van der Waals surface area contributed by atoms with Crippen LogP contribution in [-0.4, -0.2) is 29.4 Å². The molecule has 0 bridgehead atoms. The highest BCUT2D eigenvalue weighted by Gasteiger charge is 2.14. The first-order valence-electron chi connectivity index (χ1n) is 5.88. The maximum Gasteiger partial charge on any atom is 0.253 e. The Kier molecular flexibility index (Phi) is 4.94. The average molecular weight is 255 g/mol. The van der Waals surface area contributed by atoms with Gasteiger partial charge in [-0.1, -0.05) is 32.4 Å². The SMILES string of the molecule is CCCN(C)C(=O)c1cc(Cl)nc(C(C)C)c1. The quantitative estimate of drug-likeness (QED) is 0.772. The Balaban J connectivity index is 3.01. The van der Waals surface area contributed by atoms with Crippen LogP contribution in [0.1, 0.15) is 49.2 Å². The number of rotatable bonds is 4. The topological polar surface area (TPSA) is 33.2 Å². The number of carbonyl (C=O) groups is 1. The first-order chi connectivity index (χ1) is 7.95. The zero-order valence-electron chi connectivity index (χ0n) is 10.8. The third-order valence-corrected chi connectivity index (χ3v) is 2.75. The minimum Gasteiger partial charge on any atom is -0.342 e. The summed E-state index contributed by atoms with van der Waals surface area (Å²) < 4.78 is 0. The molecule has 0 N–H and O–H groups in total. The number of hydrogen-bond acceptors (Lipinski definition) is 2. The van der Waals surface area contributed by atoms with Gasteiger partial charge in [-0.25, -0.2) is 4.98 Å². The summed E-state index contributed by atoms with van der Waals surface area (Å²) in [7, 11) is 1.80. The van der Waals surface area contributed by atoms with Crippen molar-refractivity contribution in [3.63, 3.8) is 0 Å². The number of carbonyl (C=O) groups excluding carboxylic acids is 1. The molecule has 0 aromatic carbocycles. The summed E-state index contributed by atoms with van der Waals surface area (Å²) in [5.74, 6) is 0.259. The van der Waals surface area contributed by atoms with Gasteiger partial charge in [0, 0.05) is 24.8 Å². The van der Waals surface area contributed by atoms with E-state index in [1.807, 2.05) is 26.8 Å². The summed E-state index contributed by atoms with van der Waals surface area (Å²) in [6.07, 6.45) is 0.943. The molecule has 1 aromatic heterocycles. The zero-order chi connectivity index (χ0) is 13.0. The second kappa shape index (κ2) is 6.01. The standard InChI is InChI=1S/C13H19ClN2O/c1-5-6-16(4)13(17)10-7-11(9(2)3)15-12(14)8-10/h7-9H,5-6H2,1-4H3. The van der Waals surface area contributed by atoms with Crippen LogP contribution in [0.4, 0.5) is 0 Å². The Morgan fingerprint density at radius 2 is 2.12 bits per heavy atom. The van der Waals surface area contributed by atoms with Gasteiger partial charge in [-0.2, -0.15) is 0 Å². The van der Waals surface area contributed by atoms with Crippen molar-refractivity contribution < 1.29 is 4.79 Å². The predicted molar refractivity (Wildman–Crippen MR) is 70.6 cm³/mol. The maximum absolute atomic E-state index is 12.1. The van der Waals surface area contributed by atoms with Crippen molar-refractivity contribution in [2.75, 3.05) is 13.6 Å². The van der Waals surface area contributed by atoms with Gasteiger partial charge in [0.2, 0.25) is 0 Å². The molecule has 1 rings (SSSR count). The summed E-state index contributed by atoms with van der Waals surface area (Å²) >= 11 is 5.94. The van der Waals surface area contributed by atoms with E-state index in [4.69, 9.17) is 11.6 Å². The van der Waals surface area contributed by atoms with Crippen LogP contribution in [0.25, 0.3) is 0 Å².